The number of carbonyl (C=O) groups is 3. The lowest BCUT2D eigenvalue weighted by molar-refractivity contribution is -0.908. The second-order valence-electron chi connectivity index (χ2n) is 7.85. The van der Waals surface area contributed by atoms with Crippen LogP contribution in [0.25, 0.3) is 0 Å². The zero-order valence-corrected chi connectivity index (χ0v) is 18.0. The summed E-state index contributed by atoms with van der Waals surface area (Å²) in [6, 6.07) is 15.7. The molecule has 1 N–H and O–H groups in total. The van der Waals surface area contributed by atoms with Crippen LogP contribution in [0.15, 0.2) is 54.6 Å². The summed E-state index contributed by atoms with van der Waals surface area (Å²) < 4.78 is 10.9. The van der Waals surface area contributed by atoms with Crippen LogP contribution in [0, 0.1) is 0 Å². The van der Waals surface area contributed by atoms with Gasteiger partial charge in [-0.2, -0.15) is 0 Å². The number of quaternary nitrogens is 1. The summed E-state index contributed by atoms with van der Waals surface area (Å²) in [5.41, 5.74) is -0.172. The smallest absolute Gasteiger partial charge is 0.306 e. The van der Waals surface area contributed by atoms with Crippen LogP contribution in [0.3, 0.4) is 0 Å². The number of fused-ring (bicyclic) bond motifs is 1. The zero-order chi connectivity index (χ0) is 21.0. The summed E-state index contributed by atoms with van der Waals surface area (Å²) in [6.45, 7) is 4.02. The maximum Gasteiger partial charge on any atom is 0.306 e. The third-order valence-corrected chi connectivity index (χ3v) is 6.02. The van der Waals surface area contributed by atoms with E-state index in [-0.39, 0.29) is 43.0 Å². The molecule has 0 spiro atoms. The number of ether oxygens (including phenoxy) is 2. The van der Waals surface area contributed by atoms with Crippen LogP contribution in [0.5, 0.6) is 0 Å². The van der Waals surface area contributed by atoms with Gasteiger partial charge in [-0.05, 0) is 5.56 Å². The van der Waals surface area contributed by atoms with Crippen LogP contribution in [-0.4, -0.2) is 57.0 Å². The molecule has 4 rings (SSSR count). The van der Waals surface area contributed by atoms with Gasteiger partial charge < -0.3 is 26.8 Å². The number of Topliss-reactive ketones (excluding diaryl/α,β-unsaturated/α-hetero) is 2. The average molecular weight is 444 g/mol. The highest BCUT2D eigenvalue weighted by molar-refractivity contribution is 6.33. The first kappa shape index (κ1) is 23.1. The zero-order valence-electron chi connectivity index (χ0n) is 17.3. The number of benzene rings is 2. The molecule has 2 aliphatic rings. The fourth-order valence-electron chi connectivity index (χ4n) is 4.30. The van der Waals surface area contributed by atoms with E-state index in [9.17, 15) is 14.4 Å². The number of ketones is 2. The van der Waals surface area contributed by atoms with Crippen molar-refractivity contribution in [1.82, 2.24) is 0 Å². The van der Waals surface area contributed by atoms with Crippen molar-refractivity contribution in [1.29, 1.82) is 0 Å². The maximum absolute atomic E-state index is 13.3. The lowest BCUT2D eigenvalue weighted by Crippen LogP contribution is -3.14. The van der Waals surface area contributed by atoms with Crippen molar-refractivity contribution < 1.29 is 41.2 Å². The van der Waals surface area contributed by atoms with Gasteiger partial charge in [0.2, 0.25) is 0 Å². The predicted molar refractivity (Wildman–Crippen MR) is 110 cm³/mol. The normalized spacial score (nSPS) is 17.7. The molecule has 6 nitrogen and oxygen atoms in total. The van der Waals surface area contributed by atoms with Crippen LogP contribution in [0.4, 0.5) is 0 Å². The maximum atomic E-state index is 13.3. The second-order valence-corrected chi connectivity index (χ2v) is 7.85. The van der Waals surface area contributed by atoms with E-state index in [2.05, 4.69) is 0 Å². The Morgan fingerprint density at radius 3 is 2.13 bits per heavy atom. The molecular formula is C24H26ClNO5. The van der Waals surface area contributed by atoms with E-state index in [0.717, 1.165) is 32.8 Å². The summed E-state index contributed by atoms with van der Waals surface area (Å²) >= 11 is 0. The third kappa shape index (κ3) is 4.56. The number of hydrogen-bond acceptors (Lipinski definition) is 5. The van der Waals surface area contributed by atoms with Crippen LogP contribution < -0.4 is 17.3 Å². The molecule has 0 atom stereocenters. The highest BCUT2D eigenvalue weighted by atomic mass is 35.5. The van der Waals surface area contributed by atoms with Gasteiger partial charge in [0.05, 0.1) is 26.2 Å². The second kappa shape index (κ2) is 10.2. The first-order chi connectivity index (χ1) is 14.6. The summed E-state index contributed by atoms with van der Waals surface area (Å²) in [5.74, 6) is -0.991. The van der Waals surface area contributed by atoms with Gasteiger partial charge in [-0.3, -0.25) is 14.4 Å². The Morgan fingerprint density at radius 1 is 0.935 bits per heavy atom. The van der Waals surface area contributed by atoms with Gasteiger partial charge in [-0.25, -0.2) is 0 Å². The first-order valence-corrected chi connectivity index (χ1v) is 10.4. The van der Waals surface area contributed by atoms with Crippen LogP contribution in [0.2, 0.25) is 0 Å². The number of esters is 1. The quantitative estimate of drug-likeness (QED) is 0.406. The Hall–Kier alpha value is -2.54. The summed E-state index contributed by atoms with van der Waals surface area (Å²) in [5, 5.41) is 0. The summed E-state index contributed by atoms with van der Waals surface area (Å²) in [7, 11) is 0. The minimum atomic E-state index is -1.50. The number of hydrogen-bond donors (Lipinski definition) is 1. The van der Waals surface area contributed by atoms with Crippen molar-refractivity contribution in [2.24, 2.45) is 0 Å². The Balaban J connectivity index is 0.00000272. The van der Waals surface area contributed by atoms with E-state index in [1.165, 1.54) is 4.90 Å². The van der Waals surface area contributed by atoms with Crippen molar-refractivity contribution >= 4 is 17.5 Å². The van der Waals surface area contributed by atoms with Crippen LogP contribution in [-0.2, 0) is 19.7 Å². The molecule has 0 amide bonds. The molecule has 1 aliphatic carbocycles. The Kier molecular flexibility index (Phi) is 7.59. The topological polar surface area (TPSA) is 74.1 Å². The number of nitrogens with one attached hydrogen (secondary N) is 1. The largest absolute Gasteiger partial charge is 1.00 e. The van der Waals surface area contributed by atoms with Gasteiger partial charge in [0.15, 0.2) is 17.0 Å². The molecule has 0 aromatic heterocycles. The van der Waals surface area contributed by atoms with Crippen molar-refractivity contribution in [3.05, 3.63) is 71.3 Å². The van der Waals surface area contributed by atoms with Crippen molar-refractivity contribution in [3.63, 3.8) is 0 Å². The molecule has 2 aromatic rings. The molecule has 164 valence electrons. The van der Waals surface area contributed by atoms with Crippen LogP contribution >= 0.6 is 0 Å². The lowest BCUT2D eigenvalue weighted by atomic mass is 9.76. The minimum absolute atomic E-state index is 0. The average Bonchev–Trinajstić information content (AvgIpc) is 3.01. The standard InChI is InChI=1S/C24H25NO5.ClH/c26-21(11-6-12-25-13-15-29-16-14-25)30-17-24(18-7-2-1-3-8-18)22(27)19-9-4-5-10-20(19)23(24)28;/h1-5,7-10H,6,11-17H2;1H. The van der Waals surface area contributed by atoms with E-state index in [0.29, 0.717) is 23.1 Å². The Morgan fingerprint density at radius 2 is 1.52 bits per heavy atom. The third-order valence-electron chi connectivity index (χ3n) is 6.02. The fraction of sp³-hybridized carbons (Fsp3) is 0.375. The predicted octanol–water partition coefficient (Wildman–Crippen LogP) is -1.75. The minimum Gasteiger partial charge on any atom is -1.00 e. The SMILES string of the molecule is O=C(CCC[NH+]1CCOCC1)OCC1(c2ccccc2)C(=O)c2ccccc2C1=O.[Cl-]. The number of carbonyl (C=O) groups excluding carboxylic acids is 3. The highest BCUT2D eigenvalue weighted by Gasteiger charge is 2.55. The first-order valence-electron chi connectivity index (χ1n) is 10.4. The molecule has 1 fully saturated rings. The fourth-order valence-corrected chi connectivity index (χ4v) is 4.30. The van der Waals surface area contributed by atoms with Gasteiger partial charge >= 0.3 is 5.97 Å². The van der Waals surface area contributed by atoms with E-state index in [4.69, 9.17) is 9.47 Å². The summed E-state index contributed by atoms with van der Waals surface area (Å²) in [4.78, 5) is 40.5. The van der Waals surface area contributed by atoms with E-state index < -0.39 is 5.41 Å². The van der Waals surface area contributed by atoms with E-state index in [1.54, 1.807) is 48.5 Å². The Bertz CT molecular complexity index is 905. The van der Waals surface area contributed by atoms with Gasteiger partial charge in [0.25, 0.3) is 0 Å². The molecule has 31 heavy (non-hydrogen) atoms. The molecule has 7 heteroatoms. The monoisotopic (exact) mass is 443 g/mol. The van der Waals surface area contributed by atoms with E-state index >= 15 is 0 Å². The molecule has 0 saturated carbocycles. The van der Waals surface area contributed by atoms with Crippen molar-refractivity contribution in [3.8, 4) is 0 Å². The molecule has 0 bridgehead atoms. The number of halogens is 1. The molecule has 1 saturated heterocycles. The number of rotatable bonds is 7. The van der Waals surface area contributed by atoms with Crippen LogP contribution in [0.1, 0.15) is 39.1 Å². The van der Waals surface area contributed by atoms with Gasteiger partial charge in [0.1, 0.15) is 19.7 Å². The Labute approximate surface area is 187 Å². The summed E-state index contributed by atoms with van der Waals surface area (Å²) in [6.07, 6.45) is 0.971. The van der Waals surface area contributed by atoms with E-state index in [1.807, 2.05) is 6.07 Å². The molecule has 1 heterocycles. The van der Waals surface area contributed by atoms with Gasteiger partial charge in [-0.15, -0.1) is 0 Å². The highest BCUT2D eigenvalue weighted by Crippen LogP contribution is 2.40. The molecule has 0 radical (unpaired) electrons. The number of morpholine rings is 1. The molecule has 0 unspecified atom stereocenters. The molecular weight excluding hydrogens is 418 g/mol. The van der Waals surface area contributed by atoms with Crippen molar-refractivity contribution in [2.45, 2.75) is 18.3 Å². The molecule has 1 aliphatic heterocycles. The molecule has 2 aromatic carbocycles. The van der Waals surface area contributed by atoms with Gasteiger partial charge in [-0.1, -0.05) is 54.6 Å². The van der Waals surface area contributed by atoms with Gasteiger partial charge in [0, 0.05) is 17.5 Å². The van der Waals surface area contributed by atoms with Crippen molar-refractivity contribution in [2.75, 3.05) is 39.5 Å². The lowest BCUT2D eigenvalue weighted by Gasteiger charge is -2.26.